The van der Waals surface area contributed by atoms with Crippen molar-refractivity contribution in [1.29, 1.82) is 0 Å². The summed E-state index contributed by atoms with van der Waals surface area (Å²) in [5.41, 5.74) is 10.9. The van der Waals surface area contributed by atoms with Gasteiger partial charge in [0.25, 0.3) is 0 Å². The van der Waals surface area contributed by atoms with Crippen molar-refractivity contribution < 1.29 is 17.9 Å². The van der Waals surface area contributed by atoms with Crippen LogP contribution in [-0.4, -0.2) is 40.8 Å². The summed E-state index contributed by atoms with van der Waals surface area (Å²) < 4.78 is 46.8. The maximum Gasteiger partial charge on any atom is 0.435 e. The van der Waals surface area contributed by atoms with Crippen molar-refractivity contribution in [3.8, 4) is 11.3 Å². The summed E-state index contributed by atoms with van der Waals surface area (Å²) in [6.07, 6.45) is 2.12. The van der Waals surface area contributed by atoms with Crippen molar-refractivity contribution in [1.82, 2.24) is 15.0 Å². The first-order valence-corrected chi connectivity index (χ1v) is 11.5. The molecule has 2 fully saturated rings. The minimum atomic E-state index is -4.70. The minimum absolute atomic E-state index is 0.0521. The number of nitrogens with zero attached hydrogens (tertiary/aromatic N) is 3. The van der Waals surface area contributed by atoms with E-state index in [1.54, 1.807) is 0 Å². The molecule has 0 radical (unpaired) electrons. The summed E-state index contributed by atoms with van der Waals surface area (Å²) in [4.78, 5) is 12.3. The number of alkyl halides is 3. The molecule has 33 heavy (non-hydrogen) atoms. The summed E-state index contributed by atoms with van der Waals surface area (Å²) in [5.74, 6) is 0.613. The van der Waals surface area contributed by atoms with Gasteiger partial charge < -0.3 is 21.5 Å². The zero-order chi connectivity index (χ0) is 23.6. The van der Waals surface area contributed by atoms with Crippen LogP contribution >= 0.6 is 11.6 Å². The lowest BCUT2D eigenvalue weighted by Gasteiger charge is -2.35. The quantitative estimate of drug-likeness (QED) is 0.585. The Balaban J connectivity index is 1.68. The van der Waals surface area contributed by atoms with Crippen LogP contribution in [0, 0.1) is 5.92 Å². The Morgan fingerprint density at radius 3 is 2.48 bits per heavy atom. The van der Waals surface area contributed by atoms with Gasteiger partial charge in [-0.1, -0.05) is 11.6 Å². The molecule has 0 aromatic carbocycles. The number of hydrogen-bond acceptors (Lipinski definition) is 7. The lowest BCUT2D eigenvalue weighted by molar-refractivity contribution is -0.140. The minimum Gasteiger partial charge on any atom is -0.381 e. The van der Waals surface area contributed by atoms with E-state index in [1.807, 2.05) is 0 Å². The number of pyridine rings is 1. The Labute approximate surface area is 195 Å². The van der Waals surface area contributed by atoms with Gasteiger partial charge in [0.15, 0.2) is 5.69 Å². The molecular formula is C22H28ClF3N6O. The Morgan fingerprint density at radius 2 is 1.82 bits per heavy atom. The molecule has 11 heteroatoms. The van der Waals surface area contributed by atoms with Crippen LogP contribution in [0.15, 0.2) is 18.5 Å². The first-order chi connectivity index (χ1) is 15.7. The molecule has 7 nitrogen and oxygen atoms in total. The first-order valence-electron chi connectivity index (χ1n) is 11.1. The number of nitrogens with two attached hydrogens (primary N) is 2. The fraction of sp³-hybridized carbons (Fsp3) is 0.591. The van der Waals surface area contributed by atoms with E-state index >= 15 is 0 Å². The number of rotatable bonds is 5. The highest BCUT2D eigenvalue weighted by Gasteiger charge is 2.39. The topological polar surface area (TPSA) is 112 Å². The van der Waals surface area contributed by atoms with Gasteiger partial charge in [0, 0.05) is 37.6 Å². The molecule has 0 amide bonds. The average molecular weight is 485 g/mol. The third-order valence-corrected chi connectivity index (χ3v) is 6.80. The van der Waals surface area contributed by atoms with Crippen LogP contribution in [-0.2, 0) is 16.5 Å². The van der Waals surface area contributed by atoms with E-state index in [9.17, 15) is 13.2 Å². The van der Waals surface area contributed by atoms with E-state index < -0.39 is 17.4 Å². The number of ether oxygens (including phenoxy) is 1. The SMILES string of the molecule is NC1CCC(N)(c2cc(-c3nc(NCC4CCOCC4)cnc3C(F)(F)F)c(Cl)cn2)CC1. The summed E-state index contributed by atoms with van der Waals surface area (Å²) >= 11 is 6.32. The summed E-state index contributed by atoms with van der Waals surface area (Å²) in [5, 5.41) is 3.17. The van der Waals surface area contributed by atoms with E-state index in [0.717, 1.165) is 31.9 Å². The molecule has 2 aliphatic rings. The molecule has 5 N–H and O–H groups in total. The lowest BCUT2D eigenvalue weighted by atomic mass is 9.77. The van der Waals surface area contributed by atoms with Gasteiger partial charge in [-0.25, -0.2) is 9.97 Å². The third kappa shape index (κ3) is 5.56. The fourth-order valence-electron chi connectivity index (χ4n) is 4.37. The normalized spacial score (nSPS) is 24.6. The maximum absolute atomic E-state index is 13.8. The summed E-state index contributed by atoms with van der Waals surface area (Å²) in [7, 11) is 0. The van der Waals surface area contributed by atoms with Crippen molar-refractivity contribution in [3.63, 3.8) is 0 Å². The van der Waals surface area contributed by atoms with E-state index in [4.69, 9.17) is 27.8 Å². The summed E-state index contributed by atoms with van der Waals surface area (Å²) in [6, 6.07) is 1.58. The molecule has 0 spiro atoms. The monoisotopic (exact) mass is 484 g/mol. The van der Waals surface area contributed by atoms with Crippen LogP contribution in [0.1, 0.15) is 49.9 Å². The molecule has 4 rings (SSSR count). The smallest absolute Gasteiger partial charge is 0.381 e. The fourth-order valence-corrected chi connectivity index (χ4v) is 4.57. The number of aromatic nitrogens is 3. The standard InChI is InChI=1S/C22H28ClF3N6O/c23-16-11-29-17(21(28)5-1-14(27)2-6-21)9-15(16)19-20(22(24,25)26)31-12-18(32-19)30-10-13-3-7-33-8-4-13/h9,11-14H,1-8,10,27-28H2,(H,30,32). The molecule has 1 aliphatic heterocycles. The molecule has 0 atom stereocenters. The van der Waals surface area contributed by atoms with Crippen molar-refractivity contribution >= 4 is 17.4 Å². The molecule has 3 heterocycles. The molecule has 2 aromatic heterocycles. The van der Waals surface area contributed by atoms with E-state index in [-0.39, 0.29) is 28.1 Å². The van der Waals surface area contributed by atoms with Gasteiger partial charge in [0.1, 0.15) is 11.5 Å². The van der Waals surface area contributed by atoms with Crippen LogP contribution in [0.25, 0.3) is 11.3 Å². The second kappa shape index (κ2) is 9.69. The summed E-state index contributed by atoms with van der Waals surface area (Å²) in [6.45, 7) is 1.93. The van der Waals surface area contributed by atoms with Crippen LogP contribution in [0.2, 0.25) is 5.02 Å². The van der Waals surface area contributed by atoms with Crippen molar-refractivity contribution in [2.75, 3.05) is 25.1 Å². The van der Waals surface area contributed by atoms with Gasteiger partial charge in [-0.15, -0.1) is 0 Å². The van der Waals surface area contributed by atoms with Crippen molar-refractivity contribution in [2.24, 2.45) is 17.4 Å². The van der Waals surface area contributed by atoms with Crippen LogP contribution in [0.3, 0.4) is 0 Å². The molecule has 0 bridgehead atoms. The van der Waals surface area contributed by atoms with Gasteiger partial charge in [-0.05, 0) is 50.5 Å². The number of anilines is 1. The Morgan fingerprint density at radius 1 is 1.12 bits per heavy atom. The van der Waals surface area contributed by atoms with Crippen LogP contribution in [0.4, 0.5) is 19.0 Å². The second-order valence-corrected chi connectivity index (χ2v) is 9.34. The van der Waals surface area contributed by atoms with Gasteiger partial charge in [-0.2, -0.15) is 13.2 Å². The van der Waals surface area contributed by atoms with Crippen LogP contribution in [0.5, 0.6) is 0 Å². The number of hydrogen-bond donors (Lipinski definition) is 3. The molecular weight excluding hydrogens is 457 g/mol. The van der Waals surface area contributed by atoms with Crippen molar-refractivity contribution in [3.05, 3.63) is 34.9 Å². The highest BCUT2D eigenvalue weighted by atomic mass is 35.5. The maximum atomic E-state index is 13.8. The average Bonchev–Trinajstić information content (AvgIpc) is 2.80. The highest BCUT2D eigenvalue weighted by molar-refractivity contribution is 6.33. The zero-order valence-corrected chi connectivity index (χ0v) is 18.9. The molecule has 180 valence electrons. The molecule has 2 aromatic rings. The zero-order valence-electron chi connectivity index (χ0n) is 18.2. The second-order valence-electron chi connectivity index (χ2n) is 8.93. The van der Waals surface area contributed by atoms with Gasteiger partial charge in [-0.3, -0.25) is 4.98 Å². The van der Waals surface area contributed by atoms with Crippen molar-refractivity contribution in [2.45, 2.75) is 56.3 Å². The highest BCUT2D eigenvalue weighted by Crippen LogP contribution is 2.40. The molecule has 1 saturated heterocycles. The molecule has 1 aliphatic carbocycles. The molecule has 0 unspecified atom stereocenters. The lowest BCUT2D eigenvalue weighted by Crippen LogP contribution is -2.44. The van der Waals surface area contributed by atoms with E-state index in [1.165, 1.54) is 12.3 Å². The largest absolute Gasteiger partial charge is 0.435 e. The Kier molecular flexibility index (Phi) is 7.09. The molecule has 1 saturated carbocycles. The number of halogens is 4. The predicted octanol–water partition coefficient (Wildman–Crippen LogP) is 4.10. The number of nitrogens with one attached hydrogen (secondary N) is 1. The van der Waals surface area contributed by atoms with Crippen LogP contribution < -0.4 is 16.8 Å². The van der Waals surface area contributed by atoms with E-state index in [0.29, 0.717) is 44.2 Å². The van der Waals surface area contributed by atoms with E-state index in [2.05, 4.69) is 20.3 Å². The van der Waals surface area contributed by atoms with Gasteiger partial charge in [0.2, 0.25) is 0 Å². The third-order valence-electron chi connectivity index (χ3n) is 6.50. The predicted molar refractivity (Wildman–Crippen MR) is 120 cm³/mol. The van der Waals surface area contributed by atoms with Gasteiger partial charge >= 0.3 is 6.18 Å². The first kappa shape index (κ1) is 24.1. The Hall–Kier alpha value is -2.01. The Bertz CT molecular complexity index is 975. The van der Waals surface area contributed by atoms with Gasteiger partial charge in [0.05, 0.1) is 22.5 Å².